The van der Waals surface area contributed by atoms with Crippen molar-refractivity contribution in [2.45, 2.75) is 39.0 Å². The van der Waals surface area contributed by atoms with E-state index < -0.39 is 11.4 Å². The Hall–Kier alpha value is -1.10. The third kappa shape index (κ3) is 2.92. The van der Waals surface area contributed by atoms with E-state index in [4.69, 9.17) is 9.94 Å². The summed E-state index contributed by atoms with van der Waals surface area (Å²) in [6, 6.07) is 0. The summed E-state index contributed by atoms with van der Waals surface area (Å²) in [7, 11) is 0. The highest BCUT2D eigenvalue weighted by molar-refractivity contribution is 5.84. The Bertz CT molecular complexity index is 246. The maximum atomic E-state index is 11.4. The van der Waals surface area contributed by atoms with Gasteiger partial charge in [0.05, 0.1) is 12.0 Å². The lowest BCUT2D eigenvalue weighted by Crippen LogP contribution is -2.35. The van der Waals surface area contributed by atoms with Crippen LogP contribution in [-0.2, 0) is 14.4 Å². The van der Waals surface area contributed by atoms with Crippen LogP contribution in [0.25, 0.3) is 0 Å². The number of amides is 1. The summed E-state index contributed by atoms with van der Waals surface area (Å²) in [5, 5.41) is 9.12. The Balaban J connectivity index is 2.52. The molecule has 0 saturated heterocycles. The van der Waals surface area contributed by atoms with Gasteiger partial charge in [0, 0.05) is 6.42 Å². The second-order valence-electron chi connectivity index (χ2n) is 3.93. The molecule has 0 aromatic rings. The van der Waals surface area contributed by atoms with Gasteiger partial charge in [0.25, 0.3) is 0 Å². The third-order valence-electron chi connectivity index (χ3n) is 2.84. The van der Waals surface area contributed by atoms with Gasteiger partial charge in [-0.2, -0.15) is 0 Å². The molecule has 5 heteroatoms. The summed E-state index contributed by atoms with van der Waals surface area (Å²) in [6.45, 7) is 2.13. The molecule has 1 saturated carbocycles. The van der Waals surface area contributed by atoms with Gasteiger partial charge in [-0.3, -0.25) is 14.4 Å². The number of carbonyl (C=O) groups is 2. The zero-order valence-electron chi connectivity index (χ0n) is 8.91. The summed E-state index contributed by atoms with van der Waals surface area (Å²) in [6.07, 6.45) is 2.95. The normalized spacial score (nSPS) is 18.7. The summed E-state index contributed by atoms with van der Waals surface area (Å²) in [5.74, 6) is -1.22. The topological polar surface area (TPSA) is 75.6 Å². The summed E-state index contributed by atoms with van der Waals surface area (Å²) >= 11 is 0. The molecule has 0 heterocycles. The van der Waals surface area contributed by atoms with Crippen LogP contribution in [0, 0.1) is 5.41 Å². The van der Waals surface area contributed by atoms with E-state index >= 15 is 0 Å². The average Bonchev–Trinajstić information content (AvgIpc) is 2.64. The molecule has 1 amide bonds. The highest BCUT2D eigenvalue weighted by Gasteiger charge is 2.42. The molecular formula is C10H17NO4. The first kappa shape index (κ1) is 12.0. The molecule has 0 aromatic carbocycles. The van der Waals surface area contributed by atoms with E-state index in [2.05, 4.69) is 5.48 Å². The first-order chi connectivity index (χ1) is 7.10. The van der Waals surface area contributed by atoms with Gasteiger partial charge in [0.15, 0.2) is 0 Å². The molecule has 15 heavy (non-hydrogen) atoms. The first-order valence-corrected chi connectivity index (χ1v) is 5.25. The van der Waals surface area contributed by atoms with Gasteiger partial charge in [-0.05, 0) is 19.8 Å². The van der Waals surface area contributed by atoms with Crippen molar-refractivity contribution < 1.29 is 19.5 Å². The second kappa shape index (κ2) is 5.11. The lowest BCUT2D eigenvalue weighted by Gasteiger charge is -2.22. The Morgan fingerprint density at radius 2 is 2.00 bits per heavy atom. The van der Waals surface area contributed by atoms with E-state index in [-0.39, 0.29) is 12.3 Å². The zero-order chi connectivity index (χ0) is 11.3. The molecule has 0 bridgehead atoms. The molecule has 0 unspecified atom stereocenters. The number of rotatable bonds is 5. The smallest absolute Gasteiger partial charge is 0.310 e. The van der Waals surface area contributed by atoms with E-state index in [0.717, 1.165) is 12.8 Å². The van der Waals surface area contributed by atoms with Crippen molar-refractivity contribution in [1.82, 2.24) is 5.48 Å². The number of carbonyl (C=O) groups excluding carboxylic acids is 1. The highest BCUT2D eigenvalue weighted by atomic mass is 16.6. The van der Waals surface area contributed by atoms with Crippen LogP contribution in [0.4, 0.5) is 0 Å². The van der Waals surface area contributed by atoms with Crippen molar-refractivity contribution in [3.63, 3.8) is 0 Å². The van der Waals surface area contributed by atoms with Crippen LogP contribution >= 0.6 is 0 Å². The summed E-state index contributed by atoms with van der Waals surface area (Å²) in [4.78, 5) is 27.2. The van der Waals surface area contributed by atoms with Gasteiger partial charge in [0.1, 0.15) is 0 Å². The number of hydrogen-bond donors (Lipinski definition) is 2. The molecule has 0 spiro atoms. The molecule has 1 fully saturated rings. The van der Waals surface area contributed by atoms with Crippen LogP contribution in [0.15, 0.2) is 0 Å². The van der Waals surface area contributed by atoms with Crippen LogP contribution in [0.2, 0.25) is 0 Å². The molecule has 5 nitrogen and oxygen atoms in total. The molecule has 1 rings (SSSR count). The van der Waals surface area contributed by atoms with E-state index in [1.165, 1.54) is 0 Å². The second-order valence-corrected chi connectivity index (χ2v) is 3.93. The van der Waals surface area contributed by atoms with Crippen molar-refractivity contribution in [1.29, 1.82) is 0 Å². The molecule has 1 aliphatic carbocycles. The Labute approximate surface area is 88.8 Å². The van der Waals surface area contributed by atoms with Crippen LogP contribution < -0.4 is 5.48 Å². The zero-order valence-corrected chi connectivity index (χ0v) is 8.91. The fourth-order valence-electron chi connectivity index (χ4n) is 2.01. The number of aliphatic carboxylic acids is 1. The minimum absolute atomic E-state index is 0.0162. The Morgan fingerprint density at radius 1 is 1.40 bits per heavy atom. The van der Waals surface area contributed by atoms with Crippen molar-refractivity contribution >= 4 is 11.9 Å². The highest BCUT2D eigenvalue weighted by Crippen LogP contribution is 2.41. The van der Waals surface area contributed by atoms with Gasteiger partial charge >= 0.3 is 5.97 Å². The maximum absolute atomic E-state index is 11.4. The molecule has 0 aromatic heterocycles. The van der Waals surface area contributed by atoms with E-state index in [0.29, 0.717) is 19.4 Å². The standard InChI is InChI=1S/C10H17NO4/c1-2-15-11-8(12)7-10(9(13)14)5-3-4-6-10/h2-7H2,1H3,(H,11,12)(H,13,14). The molecule has 0 aliphatic heterocycles. The number of hydroxylamine groups is 1. The van der Waals surface area contributed by atoms with Crippen LogP contribution in [0.3, 0.4) is 0 Å². The van der Waals surface area contributed by atoms with Crippen LogP contribution in [0.1, 0.15) is 39.0 Å². The average molecular weight is 215 g/mol. The number of hydrogen-bond acceptors (Lipinski definition) is 3. The molecule has 86 valence electrons. The molecule has 2 N–H and O–H groups in total. The molecule has 0 radical (unpaired) electrons. The largest absolute Gasteiger partial charge is 0.481 e. The predicted octanol–water partition coefficient (Wildman–Crippen LogP) is 1.09. The van der Waals surface area contributed by atoms with Crippen LogP contribution in [-0.4, -0.2) is 23.6 Å². The first-order valence-electron chi connectivity index (χ1n) is 5.25. The lowest BCUT2D eigenvalue weighted by atomic mass is 9.82. The van der Waals surface area contributed by atoms with Crippen molar-refractivity contribution in [2.24, 2.45) is 5.41 Å². The SMILES string of the molecule is CCONC(=O)CC1(C(=O)O)CCCC1. The summed E-state index contributed by atoms with van der Waals surface area (Å²) in [5.41, 5.74) is 1.38. The van der Waals surface area contributed by atoms with Crippen molar-refractivity contribution in [3.05, 3.63) is 0 Å². The van der Waals surface area contributed by atoms with Gasteiger partial charge in [-0.25, -0.2) is 5.48 Å². The maximum Gasteiger partial charge on any atom is 0.310 e. The Morgan fingerprint density at radius 3 is 2.47 bits per heavy atom. The van der Waals surface area contributed by atoms with Gasteiger partial charge in [0.2, 0.25) is 5.91 Å². The van der Waals surface area contributed by atoms with E-state index in [1.807, 2.05) is 0 Å². The monoisotopic (exact) mass is 215 g/mol. The fraction of sp³-hybridized carbons (Fsp3) is 0.800. The Kier molecular flexibility index (Phi) is 4.08. The van der Waals surface area contributed by atoms with Gasteiger partial charge in [-0.15, -0.1) is 0 Å². The van der Waals surface area contributed by atoms with Crippen molar-refractivity contribution in [2.75, 3.05) is 6.61 Å². The predicted molar refractivity (Wildman–Crippen MR) is 52.9 cm³/mol. The van der Waals surface area contributed by atoms with Crippen LogP contribution in [0.5, 0.6) is 0 Å². The number of carboxylic acid groups (broad SMARTS) is 1. The van der Waals surface area contributed by atoms with Gasteiger partial charge in [-0.1, -0.05) is 12.8 Å². The fourth-order valence-corrected chi connectivity index (χ4v) is 2.01. The lowest BCUT2D eigenvalue weighted by molar-refractivity contribution is -0.153. The number of carboxylic acids is 1. The minimum atomic E-state index is -0.869. The molecular weight excluding hydrogens is 198 g/mol. The van der Waals surface area contributed by atoms with E-state index in [1.54, 1.807) is 6.92 Å². The quantitative estimate of drug-likeness (QED) is 0.673. The number of nitrogens with one attached hydrogen (secondary N) is 1. The summed E-state index contributed by atoms with van der Waals surface area (Å²) < 4.78 is 0. The van der Waals surface area contributed by atoms with E-state index in [9.17, 15) is 9.59 Å². The third-order valence-corrected chi connectivity index (χ3v) is 2.84. The molecule has 1 aliphatic rings. The molecule has 0 atom stereocenters. The minimum Gasteiger partial charge on any atom is -0.481 e. The van der Waals surface area contributed by atoms with Crippen molar-refractivity contribution in [3.8, 4) is 0 Å². The van der Waals surface area contributed by atoms with Gasteiger partial charge < -0.3 is 5.11 Å².